The lowest BCUT2D eigenvalue weighted by atomic mass is 9.94. The van der Waals surface area contributed by atoms with E-state index in [1.54, 1.807) is 62.4 Å². The molecule has 8 nitrogen and oxygen atoms in total. The van der Waals surface area contributed by atoms with Gasteiger partial charge >= 0.3 is 0 Å². The number of aryl methyl sites for hydroxylation is 1. The molecule has 1 aliphatic heterocycles. The number of carbonyl (C=O) groups is 2. The molecular weight excluding hydrogens is 510 g/mol. The average Bonchev–Trinajstić information content (AvgIpc) is 3.15. The van der Waals surface area contributed by atoms with Crippen LogP contribution in [0.1, 0.15) is 36.6 Å². The van der Waals surface area contributed by atoms with E-state index < -0.39 is 23.5 Å². The summed E-state index contributed by atoms with van der Waals surface area (Å²) < 4.78 is 16.5. The van der Waals surface area contributed by atoms with Crippen LogP contribution in [0.3, 0.4) is 0 Å². The number of rotatable bonds is 8. The van der Waals surface area contributed by atoms with Gasteiger partial charge in [0.2, 0.25) is 0 Å². The minimum atomic E-state index is -1.04. The maximum atomic E-state index is 13.5. The Morgan fingerprint density at radius 1 is 1.00 bits per heavy atom. The van der Waals surface area contributed by atoms with Crippen molar-refractivity contribution in [2.45, 2.75) is 26.8 Å². The number of hydrogen-bond acceptors (Lipinski definition) is 7. The number of nitrogens with zero attached hydrogens (tertiary/aromatic N) is 1. The van der Waals surface area contributed by atoms with E-state index in [4.69, 9.17) is 25.8 Å². The summed E-state index contributed by atoms with van der Waals surface area (Å²) in [5.41, 5.74) is 1.60. The molecule has 4 rings (SSSR count). The van der Waals surface area contributed by atoms with Gasteiger partial charge in [0, 0.05) is 5.69 Å². The Morgan fingerprint density at radius 3 is 2.32 bits per heavy atom. The molecule has 0 bridgehead atoms. The highest BCUT2D eigenvalue weighted by Crippen LogP contribution is 2.46. The SMILES string of the molecule is CCOc1ccc(N2C(=O)C(=O)/C(=C(/O)c3cc(C)cc(Cl)c3OC)C2c2ccc(O)c(OCC)c2)cc1. The number of anilines is 1. The third kappa shape index (κ3) is 4.87. The third-order valence-electron chi connectivity index (χ3n) is 6.12. The Labute approximate surface area is 225 Å². The largest absolute Gasteiger partial charge is 0.507 e. The van der Waals surface area contributed by atoms with Gasteiger partial charge in [-0.25, -0.2) is 0 Å². The number of benzene rings is 3. The first kappa shape index (κ1) is 26.9. The number of aliphatic hydroxyl groups excluding tert-OH is 1. The Morgan fingerprint density at radius 2 is 1.68 bits per heavy atom. The number of aliphatic hydroxyl groups is 1. The Bertz CT molecular complexity index is 1420. The second-order valence-electron chi connectivity index (χ2n) is 8.58. The molecule has 2 N–H and O–H groups in total. The minimum Gasteiger partial charge on any atom is -0.507 e. The quantitative estimate of drug-likeness (QED) is 0.213. The molecule has 1 heterocycles. The second kappa shape index (κ2) is 11.1. The smallest absolute Gasteiger partial charge is 0.300 e. The zero-order valence-corrected chi connectivity index (χ0v) is 22.2. The molecule has 38 heavy (non-hydrogen) atoms. The van der Waals surface area contributed by atoms with Gasteiger partial charge in [-0.3, -0.25) is 14.5 Å². The Balaban J connectivity index is 1.98. The molecule has 1 saturated heterocycles. The van der Waals surface area contributed by atoms with Crippen molar-refractivity contribution >= 4 is 34.7 Å². The number of aromatic hydroxyl groups is 1. The minimum absolute atomic E-state index is 0.0965. The van der Waals surface area contributed by atoms with Crippen LogP contribution in [0.25, 0.3) is 5.76 Å². The highest BCUT2D eigenvalue weighted by atomic mass is 35.5. The standard InChI is InChI=1S/C29H28ClNO7/c1-5-37-19-10-8-18(9-11-19)31-25(17-7-12-22(32)23(15-17)38-6-2)24(27(34)29(31)35)26(33)20-13-16(3)14-21(30)28(20)36-4/h7-15,25,32-33H,5-6H2,1-4H3/b26-24+. The molecule has 1 unspecified atom stereocenters. The average molecular weight is 538 g/mol. The molecule has 0 radical (unpaired) electrons. The van der Waals surface area contributed by atoms with Gasteiger partial charge in [-0.1, -0.05) is 17.7 Å². The van der Waals surface area contributed by atoms with Crippen molar-refractivity contribution in [2.75, 3.05) is 25.2 Å². The van der Waals surface area contributed by atoms with Crippen LogP contribution < -0.4 is 19.1 Å². The van der Waals surface area contributed by atoms with Crippen LogP contribution in [0.15, 0.2) is 60.2 Å². The van der Waals surface area contributed by atoms with Crippen molar-refractivity contribution in [3.63, 3.8) is 0 Å². The van der Waals surface area contributed by atoms with Gasteiger partial charge in [0.25, 0.3) is 11.7 Å². The number of carbonyl (C=O) groups excluding carboxylic acids is 2. The summed E-state index contributed by atoms with van der Waals surface area (Å²) in [6, 6.07) is 13.5. The molecule has 1 atom stereocenters. The molecule has 9 heteroatoms. The van der Waals surface area contributed by atoms with Crippen LogP contribution >= 0.6 is 11.6 Å². The molecule has 0 spiro atoms. The molecule has 0 aliphatic carbocycles. The molecule has 3 aromatic rings. The zero-order chi connectivity index (χ0) is 27.6. The van der Waals surface area contributed by atoms with Crippen LogP contribution in [-0.2, 0) is 9.59 Å². The summed E-state index contributed by atoms with van der Waals surface area (Å²) in [6.45, 7) is 6.17. The van der Waals surface area contributed by atoms with E-state index in [0.29, 0.717) is 23.6 Å². The first-order chi connectivity index (χ1) is 18.2. The van der Waals surface area contributed by atoms with E-state index in [2.05, 4.69) is 0 Å². The maximum Gasteiger partial charge on any atom is 0.300 e. The number of Topliss-reactive ketones (excluding diaryl/α,β-unsaturated/α-hetero) is 1. The van der Waals surface area contributed by atoms with Crippen LogP contribution in [-0.4, -0.2) is 42.2 Å². The monoisotopic (exact) mass is 537 g/mol. The molecule has 0 aromatic heterocycles. The summed E-state index contributed by atoms with van der Waals surface area (Å²) in [7, 11) is 1.40. The van der Waals surface area contributed by atoms with Gasteiger partial charge in [-0.15, -0.1) is 0 Å². The van der Waals surface area contributed by atoms with Crippen LogP contribution in [0.2, 0.25) is 5.02 Å². The maximum absolute atomic E-state index is 13.5. The van der Waals surface area contributed by atoms with E-state index in [1.807, 2.05) is 6.92 Å². The summed E-state index contributed by atoms with van der Waals surface area (Å²) in [4.78, 5) is 28.3. The van der Waals surface area contributed by atoms with Crippen LogP contribution in [0.4, 0.5) is 5.69 Å². The fraction of sp³-hybridized carbons (Fsp3) is 0.241. The van der Waals surface area contributed by atoms with Crippen molar-refractivity contribution in [2.24, 2.45) is 0 Å². The van der Waals surface area contributed by atoms with Crippen molar-refractivity contribution in [1.29, 1.82) is 0 Å². The molecule has 1 aliphatic rings. The van der Waals surface area contributed by atoms with Gasteiger partial charge in [0.05, 0.1) is 42.5 Å². The highest BCUT2D eigenvalue weighted by molar-refractivity contribution is 6.51. The van der Waals surface area contributed by atoms with Crippen LogP contribution in [0.5, 0.6) is 23.0 Å². The molecule has 0 saturated carbocycles. The lowest BCUT2D eigenvalue weighted by Gasteiger charge is -2.26. The third-order valence-corrected chi connectivity index (χ3v) is 6.40. The Hall–Kier alpha value is -4.17. The van der Waals surface area contributed by atoms with Crippen molar-refractivity contribution in [3.8, 4) is 23.0 Å². The predicted octanol–water partition coefficient (Wildman–Crippen LogP) is 5.79. The number of ether oxygens (including phenoxy) is 3. The van der Waals surface area contributed by atoms with E-state index in [9.17, 15) is 19.8 Å². The van der Waals surface area contributed by atoms with E-state index >= 15 is 0 Å². The number of methoxy groups -OCH3 is 1. The molecule has 1 fully saturated rings. The predicted molar refractivity (Wildman–Crippen MR) is 144 cm³/mol. The fourth-order valence-electron chi connectivity index (χ4n) is 4.51. The number of phenolic OH excluding ortho intramolecular Hbond substituents is 1. The lowest BCUT2D eigenvalue weighted by Crippen LogP contribution is -2.29. The zero-order valence-electron chi connectivity index (χ0n) is 21.4. The van der Waals surface area contributed by atoms with Crippen molar-refractivity contribution in [3.05, 3.63) is 81.9 Å². The van der Waals surface area contributed by atoms with E-state index in [1.165, 1.54) is 18.1 Å². The number of amides is 1. The van der Waals surface area contributed by atoms with E-state index in [0.717, 1.165) is 5.56 Å². The molecular formula is C29H28ClNO7. The van der Waals surface area contributed by atoms with E-state index in [-0.39, 0.29) is 40.0 Å². The number of halogens is 1. The van der Waals surface area contributed by atoms with Crippen molar-refractivity contribution < 1.29 is 34.0 Å². The number of ketones is 1. The number of phenols is 1. The fourth-order valence-corrected chi connectivity index (χ4v) is 4.86. The summed E-state index contributed by atoms with van der Waals surface area (Å²) in [5.74, 6) is -1.29. The Kier molecular flexibility index (Phi) is 7.83. The summed E-state index contributed by atoms with van der Waals surface area (Å²) in [6.07, 6.45) is 0. The highest BCUT2D eigenvalue weighted by Gasteiger charge is 2.47. The normalized spacial score (nSPS) is 16.6. The van der Waals surface area contributed by atoms with Gasteiger partial charge in [0.1, 0.15) is 17.3 Å². The second-order valence-corrected chi connectivity index (χ2v) is 8.99. The van der Waals surface area contributed by atoms with Gasteiger partial charge in [-0.2, -0.15) is 0 Å². The molecule has 1 amide bonds. The first-order valence-corrected chi connectivity index (χ1v) is 12.4. The topological polar surface area (TPSA) is 106 Å². The van der Waals surface area contributed by atoms with Crippen molar-refractivity contribution in [1.82, 2.24) is 0 Å². The summed E-state index contributed by atoms with van der Waals surface area (Å²) in [5, 5.41) is 22.1. The van der Waals surface area contributed by atoms with Gasteiger partial charge in [-0.05, 0) is 80.4 Å². The first-order valence-electron chi connectivity index (χ1n) is 12.1. The van der Waals surface area contributed by atoms with Crippen LogP contribution in [0, 0.1) is 6.92 Å². The molecule has 3 aromatic carbocycles. The lowest BCUT2D eigenvalue weighted by molar-refractivity contribution is -0.132. The summed E-state index contributed by atoms with van der Waals surface area (Å²) >= 11 is 6.36. The number of hydrogen-bond donors (Lipinski definition) is 2. The van der Waals surface area contributed by atoms with Gasteiger partial charge in [0.15, 0.2) is 11.5 Å². The van der Waals surface area contributed by atoms with Gasteiger partial charge < -0.3 is 24.4 Å². The molecule has 198 valence electrons.